The number of terminal acetylenes is 1. The van der Waals surface area contributed by atoms with Crippen LogP contribution in [0.2, 0.25) is 0 Å². The molecule has 0 aromatic heterocycles. The predicted molar refractivity (Wildman–Crippen MR) is 56.3 cm³/mol. The van der Waals surface area contributed by atoms with Gasteiger partial charge in [-0.2, -0.15) is 0 Å². The number of cyclic esters (lactones) is 1. The molecule has 1 aliphatic rings. The highest BCUT2D eigenvalue weighted by Gasteiger charge is 2.39. The summed E-state index contributed by atoms with van der Waals surface area (Å²) >= 11 is 0. The molecule has 5 heteroatoms. The molecule has 0 saturated carbocycles. The van der Waals surface area contributed by atoms with E-state index in [1.54, 1.807) is 20.8 Å². The summed E-state index contributed by atoms with van der Waals surface area (Å²) in [5, 5.41) is 0. The van der Waals surface area contributed by atoms with Crippen LogP contribution in [0, 0.1) is 12.3 Å². The lowest BCUT2D eigenvalue weighted by molar-refractivity contribution is -0.139. The number of hydrogen-bond acceptors (Lipinski definition) is 4. The second-order valence-corrected chi connectivity index (χ2v) is 4.47. The first-order chi connectivity index (χ1) is 7.35. The SMILES string of the molecule is C#CCC1C(=O)OCN1C(=O)OC(C)(C)C. The Morgan fingerprint density at radius 1 is 1.69 bits per heavy atom. The van der Waals surface area contributed by atoms with Gasteiger partial charge in [-0.25, -0.2) is 9.59 Å². The van der Waals surface area contributed by atoms with Crippen LogP contribution in [0.4, 0.5) is 4.79 Å². The highest BCUT2D eigenvalue weighted by molar-refractivity contribution is 5.84. The number of carbonyl (C=O) groups excluding carboxylic acids is 2. The lowest BCUT2D eigenvalue weighted by Gasteiger charge is -2.25. The zero-order valence-electron chi connectivity index (χ0n) is 9.65. The van der Waals surface area contributed by atoms with Crippen molar-refractivity contribution in [1.29, 1.82) is 0 Å². The number of ether oxygens (including phenoxy) is 2. The van der Waals surface area contributed by atoms with E-state index in [0.29, 0.717) is 0 Å². The fraction of sp³-hybridized carbons (Fsp3) is 0.636. The maximum absolute atomic E-state index is 11.7. The third-order valence-corrected chi connectivity index (χ3v) is 1.93. The minimum Gasteiger partial charge on any atom is -0.444 e. The van der Waals surface area contributed by atoms with Gasteiger partial charge in [0.1, 0.15) is 11.6 Å². The standard InChI is InChI=1S/C11H15NO4/c1-5-6-8-9(13)15-7-12(8)10(14)16-11(2,3)4/h1,8H,6-7H2,2-4H3. The second-order valence-electron chi connectivity index (χ2n) is 4.47. The van der Waals surface area contributed by atoms with Gasteiger partial charge in [0.2, 0.25) is 0 Å². The Labute approximate surface area is 94.7 Å². The van der Waals surface area contributed by atoms with Gasteiger partial charge in [-0.05, 0) is 20.8 Å². The Bertz CT molecular complexity index is 337. The minimum absolute atomic E-state index is 0.0971. The Kier molecular flexibility index (Phi) is 3.43. The molecule has 1 amide bonds. The number of rotatable bonds is 1. The van der Waals surface area contributed by atoms with Crippen LogP contribution in [0.5, 0.6) is 0 Å². The average molecular weight is 225 g/mol. The molecule has 0 aromatic rings. The lowest BCUT2D eigenvalue weighted by atomic mass is 10.2. The molecule has 0 aromatic carbocycles. The molecule has 16 heavy (non-hydrogen) atoms. The van der Waals surface area contributed by atoms with E-state index in [9.17, 15) is 9.59 Å². The summed E-state index contributed by atoms with van der Waals surface area (Å²) < 4.78 is 9.89. The van der Waals surface area contributed by atoms with E-state index in [4.69, 9.17) is 15.9 Å². The Morgan fingerprint density at radius 2 is 2.31 bits per heavy atom. The van der Waals surface area contributed by atoms with Crippen LogP contribution in [0.15, 0.2) is 0 Å². The van der Waals surface area contributed by atoms with Gasteiger partial charge in [-0.15, -0.1) is 12.3 Å². The number of nitrogens with zero attached hydrogens (tertiary/aromatic N) is 1. The fourth-order valence-corrected chi connectivity index (χ4v) is 1.25. The Hall–Kier alpha value is -1.70. The van der Waals surface area contributed by atoms with Crippen molar-refractivity contribution in [2.24, 2.45) is 0 Å². The molecule has 1 rings (SSSR count). The van der Waals surface area contributed by atoms with E-state index in [0.717, 1.165) is 0 Å². The summed E-state index contributed by atoms with van der Waals surface area (Å²) in [6, 6.07) is -0.722. The summed E-state index contributed by atoms with van der Waals surface area (Å²) in [7, 11) is 0. The third-order valence-electron chi connectivity index (χ3n) is 1.93. The smallest absolute Gasteiger partial charge is 0.413 e. The molecule has 0 radical (unpaired) electrons. The topological polar surface area (TPSA) is 55.8 Å². The summed E-state index contributed by atoms with van der Waals surface area (Å²) in [6.45, 7) is 5.15. The summed E-state index contributed by atoms with van der Waals surface area (Å²) in [4.78, 5) is 24.2. The van der Waals surface area contributed by atoms with Gasteiger partial charge in [0.25, 0.3) is 0 Å². The Balaban J connectivity index is 2.69. The first-order valence-corrected chi connectivity index (χ1v) is 4.95. The van der Waals surface area contributed by atoms with E-state index < -0.39 is 23.7 Å². The molecule has 0 aliphatic carbocycles. The normalized spacial score (nSPS) is 20.2. The van der Waals surface area contributed by atoms with Crippen LogP contribution in [0.3, 0.4) is 0 Å². The van der Waals surface area contributed by atoms with Crippen molar-refractivity contribution in [2.45, 2.75) is 38.8 Å². The summed E-state index contributed by atoms with van der Waals surface area (Å²) in [5.74, 6) is 1.85. The zero-order chi connectivity index (χ0) is 12.3. The first kappa shape index (κ1) is 12.4. The minimum atomic E-state index is -0.722. The third kappa shape index (κ3) is 2.89. The van der Waals surface area contributed by atoms with E-state index in [1.165, 1.54) is 4.90 Å². The predicted octanol–water partition coefficient (Wildman–Crippen LogP) is 1.13. The van der Waals surface area contributed by atoms with Gasteiger partial charge in [0.05, 0.1) is 0 Å². The maximum atomic E-state index is 11.7. The van der Waals surface area contributed by atoms with Crippen LogP contribution < -0.4 is 0 Å². The van der Waals surface area contributed by atoms with Gasteiger partial charge in [-0.1, -0.05) is 0 Å². The van der Waals surface area contributed by atoms with Crippen molar-refractivity contribution < 1.29 is 19.1 Å². The molecule has 0 N–H and O–H groups in total. The highest BCUT2D eigenvalue weighted by Crippen LogP contribution is 2.18. The number of carbonyl (C=O) groups is 2. The molecule has 0 bridgehead atoms. The molecule has 0 spiro atoms. The molecule has 1 unspecified atom stereocenters. The molecule has 1 saturated heterocycles. The summed E-state index contributed by atoms with van der Waals surface area (Å²) in [6.07, 6.45) is 4.68. The van der Waals surface area contributed by atoms with Crippen molar-refractivity contribution in [3.63, 3.8) is 0 Å². The molecule has 88 valence electrons. The number of amides is 1. The first-order valence-electron chi connectivity index (χ1n) is 4.95. The zero-order valence-corrected chi connectivity index (χ0v) is 9.65. The van der Waals surface area contributed by atoms with Gasteiger partial charge < -0.3 is 9.47 Å². The molecule has 1 heterocycles. The molecule has 1 fully saturated rings. The van der Waals surface area contributed by atoms with Crippen LogP contribution in [-0.4, -0.2) is 35.3 Å². The maximum Gasteiger partial charge on any atom is 0.413 e. The van der Waals surface area contributed by atoms with E-state index in [-0.39, 0.29) is 13.2 Å². The number of hydrogen-bond donors (Lipinski definition) is 0. The van der Waals surface area contributed by atoms with Crippen molar-refractivity contribution in [3.8, 4) is 12.3 Å². The van der Waals surface area contributed by atoms with Crippen LogP contribution in [0.25, 0.3) is 0 Å². The fourth-order valence-electron chi connectivity index (χ4n) is 1.25. The monoisotopic (exact) mass is 225 g/mol. The van der Waals surface area contributed by atoms with Gasteiger partial charge >= 0.3 is 12.1 Å². The molecule has 1 aliphatic heterocycles. The van der Waals surface area contributed by atoms with Crippen molar-refractivity contribution in [1.82, 2.24) is 4.90 Å². The molecule has 5 nitrogen and oxygen atoms in total. The van der Waals surface area contributed by atoms with Crippen molar-refractivity contribution in [3.05, 3.63) is 0 Å². The van der Waals surface area contributed by atoms with Crippen LogP contribution in [-0.2, 0) is 14.3 Å². The molecular weight excluding hydrogens is 210 g/mol. The highest BCUT2D eigenvalue weighted by atomic mass is 16.6. The number of esters is 1. The van der Waals surface area contributed by atoms with Gasteiger partial charge in [0.15, 0.2) is 6.73 Å². The van der Waals surface area contributed by atoms with Gasteiger partial charge in [0, 0.05) is 6.42 Å². The van der Waals surface area contributed by atoms with Crippen LogP contribution in [0.1, 0.15) is 27.2 Å². The van der Waals surface area contributed by atoms with E-state index in [1.807, 2.05) is 0 Å². The van der Waals surface area contributed by atoms with Crippen LogP contribution >= 0.6 is 0 Å². The van der Waals surface area contributed by atoms with Crippen molar-refractivity contribution >= 4 is 12.1 Å². The summed E-state index contributed by atoms with van der Waals surface area (Å²) in [5.41, 5.74) is -0.608. The average Bonchev–Trinajstić information content (AvgIpc) is 2.46. The van der Waals surface area contributed by atoms with Crippen molar-refractivity contribution in [2.75, 3.05) is 6.73 Å². The quantitative estimate of drug-likeness (QED) is 0.496. The lowest BCUT2D eigenvalue weighted by Crippen LogP contribution is -2.41. The Morgan fingerprint density at radius 3 is 2.81 bits per heavy atom. The van der Waals surface area contributed by atoms with Gasteiger partial charge in [-0.3, -0.25) is 4.90 Å². The molecule has 1 atom stereocenters. The second kappa shape index (κ2) is 4.44. The van der Waals surface area contributed by atoms with E-state index >= 15 is 0 Å². The largest absolute Gasteiger partial charge is 0.444 e. The molecular formula is C11H15NO4. The van der Waals surface area contributed by atoms with E-state index in [2.05, 4.69) is 5.92 Å².